The standard InChI is InChI=1S/C12H23N5OS/c1-6-7-18-12-15-10(13-3)14-11(16-12)17(4)9(2)8-19-5/h9H,6-8H2,1-5H3,(H,13,14,15,16). The minimum Gasteiger partial charge on any atom is -0.463 e. The molecular weight excluding hydrogens is 262 g/mol. The van der Waals surface area contributed by atoms with E-state index in [2.05, 4.69) is 33.4 Å². The summed E-state index contributed by atoms with van der Waals surface area (Å²) in [5.74, 6) is 2.17. The molecule has 0 fully saturated rings. The van der Waals surface area contributed by atoms with Crippen molar-refractivity contribution in [1.82, 2.24) is 15.0 Å². The van der Waals surface area contributed by atoms with Gasteiger partial charge in [0.15, 0.2) is 0 Å². The second-order valence-corrected chi connectivity index (χ2v) is 5.17. The van der Waals surface area contributed by atoms with Gasteiger partial charge in [-0.1, -0.05) is 6.92 Å². The lowest BCUT2D eigenvalue weighted by molar-refractivity contribution is 0.292. The molecule has 0 aliphatic carbocycles. The number of nitrogens with zero attached hydrogens (tertiary/aromatic N) is 4. The molecule has 0 saturated carbocycles. The van der Waals surface area contributed by atoms with E-state index in [0.717, 1.165) is 12.2 Å². The molecule has 1 aromatic rings. The lowest BCUT2D eigenvalue weighted by Crippen LogP contribution is -2.32. The normalized spacial score (nSPS) is 12.1. The summed E-state index contributed by atoms with van der Waals surface area (Å²) in [5.41, 5.74) is 0. The van der Waals surface area contributed by atoms with Crippen molar-refractivity contribution in [2.75, 3.05) is 42.9 Å². The molecule has 0 aliphatic heterocycles. The molecule has 0 aromatic carbocycles. The van der Waals surface area contributed by atoms with Crippen molar-refractivity contribution in [2.45, 2.75) is 26.3 Å². The Hall–Kier alpha value is -1.24. The van der Waals surface area contributed by atoms with Crippen LogP contribution in [0.1, 0.15) is 20.3 Å². The molecule has 7 heteroatoms. The van der Waals surface area contributed by atoms with Crippen LogP contribution in [0.2, 0.25) is 0 Å². The Bertz CT molecular complexity index is 390. The predicted octanol–water partition coefficient (Wildman–Crippen LogP) is 1.89. The number of rotatable bonds is 8. The molecule has 1 rings (SSSR count). The lowest BCUT2D eigenvalue weighted by Gasteiger charge is -2.24. The zero-order chi connectivity index (χ0) is 14.3. The van der Waals surface area contributed by atoms with E-state index in [0.29, 0.717) is 30.6 Å². The number of anilines is 2. The van der Waals surface area contributed by atoms with Crippen LogP contribution in [0.5, 0.6) is 6.01 Å². The van der Waals surface area contributed by atoms with Crippen molar-refractivity contribution in [3.63, 3.8) is 0 Å². The molecule has 1 N–H and O–H groups in total. The summed E-state index contributed by atoms with van der Waals surface area (Å²) in [4.78, 5) is 15.0. The highest BCUT2D eigenvalue weighted by molar-refractivity contribution is 7.98. The molecule has 1 heterocycles. The summed E-state index contributed by atoms with van der Waals surface area (Å²) in [6, 6.07) is 0.723. The van der Waals surface area contributed by atoms with Gasteiger partial charge in [-0.2, -0.15) is 26.7 Å². The van der Waals surface area contributed by atoms with E-state index in [4.69, 9.17) is 4.74 Å². The molecule has 0 aliphatic rings. The third-order valence-corrected chi connectivity index (χ3v) is 3.46. The molecular formula is C12H23N5OS. The number of nitrogens with one attached hydrogen (secondary N) is 1. The number of aromatic nitrogens is 3. The van der Waals surface area contributed by atoms with Crippen LogP contribution in [0.15, 0.2) is 0 Å². The number of hydrogen-bond donors (Lipinski definition) is 1. The Kier molecular flexibility index (Phi) is 6.69. The minimum atomic E-state index is 0.348. The molecule has 1 atom stereocenters. The molecule has 0 bridgehead atoms. The molecule has 0 amide bonds. The fraction of sp³-hybridized carbons (Fsp3) is 0.750. The van der Waals surface area contributed by atoms with Gasteiger partial charge in [0.25, 0.3) is 0 Å². The van der Waals surface area contributed by atoms with Crippen LogP contribution in [-0.2, 0) is 0 Å². The molecule has 0 spiro atoms. The Morgan fingerprint density at radius 1 is 1.37 bits per heavy atom. The Morgan fingerprint density at radius 3 is 2.68 bits per heavy atom. The maximum absolute atomic E-state index is 5.49. The lowest BCUT2D eigenvalue weighted by atomic mass is 10.3. The molecule has 6 nitrogen and oxygen atoms in total. The van der Waals surface area contributed by atoms with Gasteiger partial charge in [0.05, 0.1) is 6.61 Å². The van der Waals surface area contributed by atoms with Gasteiger partial charge in [0, 0.05) is 25.9 Å². The van der Waals surface area contributed by atoms with Gasteiger partial charge in [-0.25, -0.2) is 0 Å². The highest BCUT2D eigenvalue weighted by Crippen LogP contribution is 2.17. The number of thioether (sulfide) groups is 1. The van der Waals surface area contributed by atoms with Crippen LogP contribution >= 0.6 is 11.8 Å². The first-order chi connectivity index (χ1) is 9.12. The number of hydrogen-bond acceptors (Lipinski definition) is 7. The van der Waals surface area contributed by atoms with E-state index in [9.17, 15) is 0 Å². The molecule has 1 aromatic heterocycles. The fourth-order valence-electron chi connectivity index (χ4n) is 1.42. The Labute approximate surface area is 119 Å². The highest BCUT2D eigenvalue weighted by atomic mass is 32.2. The van der Waals surface area contributed by atoms with Crippen molar-refractivity contribution in [3.8, 4) is 6.01 Å². The third kappa shape index (κ3) is 4.74. The van der Waals surface area contributed by atoms with E-state index in [1.165, 1.54) is 0 Å². The topological polar surface area (TPSA) is 63.2 Å². The van der Waals surface area contributed by atoms with Gasteiger partial charge in [0.2, 0.25) is 11.9 Å². The van der Waals surface area contributed by atoms with Crippen molar-refractivity contribution in [3.05, 3.63) is 0 Å². The fourth-order valence-corrected chi connectivity index (χ4v) is 2.13. The van der Waals surface area contributed by atoms with E-state index in [1.54, 1.807) is 18.8 Å². The quantitative estimate of drug-likeness (QED) is 0.782. The van der Waals surface area contributed by atoms with Crippen LogP contribution in [0.3, 0.4) is 0 Å². The SMILES string of the molecule is CCCOc1nc(NC)nc(N(C)C(C)CSC)n1. The van der Waals surface area contributed by atoms with Gasteiger partial charge in [-0.05, 0) is 19.6 Å². The van der Waals surface area contributed by atoms with E-state index >= 15 is 0 Å². The summed E-state index contributed by atoms with van der Waals surface area (Å²) in [6.07, 6.45) is 3.02. The first-order valence-corrected chi connectivity index (χ1v) is 7.80. The monoisotopic (exact) mass is 285 g/mol. The van der Waals surface area contributed by atoms with Gasteiger partial charge in [0.1, 0.15) is 0 Å². The van der Waals surface area contributed by atoms with Crippen molar-refractivity contribution in [1.29, 1.82) is 0 Å². The van der Waals surface area contributed by atoms with Gasteiger partial charge in [-0.3, -0.25) is 0 Å². The van der Waals surface area contributed by atoms with Crippen LogP contribution in [0.4, 0.5) is 11.9 Å². The summed E-state index contributed by atoms with van der Waals surface area (Å²) in [7, 11) is 3.77. The van der Waals surface area contributed by atoms with Crippen LogP contribution in [0, 0.1) is 0 Å². The summed E-state index contributed by atoms with van der Waals surface area (Å²) in [6.45, 7) is 4.80. The molecule has 108 valence electrons. The van der Waals surface area contributed by atoms with Crippen molar-refractivity contribution >= 4 is 23.7 Å². The molecule has 0 saturated heterocycles. The van der Waals surface area contributed by atoms with Crippen molar-refractivity contribution < 1.29 is 4.74 Å². The van der Waals surface area contributed by atoms with Crippen LogP contribution in [-0.4, -0.2) is 53.7 Å². The van der Waals surface area contributed by atoms with Gasteiger partial charge >= 0.3 is 6.01 Å². The second kappa shape index (κ2) is 8.04. The predicted molar refractivity (Wildman–Crippen MR) is 81.4 cm³/mol. The molecule has 0 radical (unpaired) electrons. The zero-order valence-electron chi connectivity index (χ0n) is 12.3. The average Bonchev–Trinajstić information content (AvgIpc) is 2.44. The van der Waals surface area contributed by atoms with Crippen LogP contribution < -0.4 is 15.0 Å². The molecule has 1 unspecified atom stereocenters. The van der Waals surface area contributed by atoms with E-state index in [1.807, 2.05) is 18.9 Å². The third-order valence-electron chi connectivity index (χ3n) is 2.65. The first kappa shape index (κ1) is 15.8. The summed E-state index contributed by atoms with van der Waals surface area (Å²) < 4.78 is 5.49. The van der Waals surface area contributed by atoms with E-state index < -0.39 is 0 Å². The minimum absolute atomic E-state index is 0.348. The number of ether oxygens (including phenoxy) is 1. The zero-order valence-corrected chi connectivity index (χ0v) is 13.1. The first-order valence-electron chi connectivity index (χ1n) is 6.40. The van der Waals surface area contributed by atoms with Gasteiger partial charge in [-0.15, -0.1) is 0 Å². The van der Waals surface area contributed by atoms with Crippen molar-refractivity contribution in [2.24, 2.45) is 0 Å². The maximum Gasteiger partial charge on any atom is 0.323 e. The smallest absolute Gasteiger partial charge is 0.323 e. The molecule has 19 heavy (non-hydrogen) atoms. The van der Waals surface area contributed by atoms with Gasteiger partial charge < -0.3 is 15.0 Å². The second-order valence-electron chi connectivity index (χ2n) is 4.26. The average molecular weight is 285 g/mol. The Balaban J connectivity index is 2.91. The summed E-state index contributed by atoms with van der Waals surface area (Å²) in [5, 5.41) is 2.94. The Morgan fingerprint density at radius 2 is 2.11 bits per heavy atom. The van der Waals surface area contributed by atoms with E-state index in [-0.39, 0.29) is 0 Å². The van der Waals surface area contributed by atoms with Crippen LogP contribution in [0.25, 0.3) is 0 Å². The largest absolute Gasteiger partial charge is 0.463 e. The highest BCUT2D eigenvalue weighted by Gasteiger charge is 2.15. The summed E-state index contributed by atoms with van der Waals surface area (Å²) >= 11 is 1.80. The maximum atomic E-state index is 5.49.